The third-order valence-corrected chi connectivity index (χ3v) is 3.60. The van der Waals surface area contributed by atoms with Crippen LogP contribution in [0.25, 0.3) is 0 Å². The van der Waals surface area contributed by atoms with Gasteiger partial charge < -0.3 is 15.6 Å². The van der Waals surface area contributed by atoms with E-state index in [1.165, 1.54) is 0 Å². The van der Waals surface area contributed by atoms with Crippen LogP contribution in [-0.2, 0) is 0 Å². The minimum absolute atomic E-state index is 0.101. The van der Waals surface area contributed by atoms with E-state index >= 15 is 0 Å². The Labute approximate surface area is 107 Å². The fourth-order valence-electron chi connectivity index (χ4n) is 2.21. The van der Waals surface area contributed by atoms with Gasteiger partial charge in [0.05, 0.1) is 13.2 Å². The van der Waals surface area contributed by atoms with E-state index in [9.17, 15) is 5.11 Å². The van der Waals surface area contributed by atoms with E-state index in [4.69, 9.17) is 22.1 Å². The molecule has 0 aromatic heterocycles. The zero-order valence-corrected chi connectivity index (χ0v) is 10.7. The Hall–Kier alpha value is -0.770. The van der Waals surface area contributed by atoms with Gasteiger partial charge >= 0.3 is 0 Å². The summed E-state index contributed by atoms with van der Waals surface area (Å²) < 4.78 is 5.31. The fraction of sp³-hybridized carbons (Fsp3) is 0.538. The molecule has 3 N–H and O–H groups in total. The Morgan fingerprint density at radius 2 is 2.24 bits per heavy atom. The van der Waals surface area contributed by atoms with Gasteiger partial charge in [-0.3, -0.25) is 0 Å². The van der Waals surface area contributed by atoms with Crippen LogP contribution in [0.5, 0.6) is 5.75 Å². The molecule has 1 aromatic carbocycles. The molecular weight excluding hydrogens is 238 g/mol. The highest BCUT2D eigenvalue weighted by molar-refractivity contribution is 6.30. The summed E-state index contributed by atoms with van der Waals surface area (Å²) in [6.07, 6.45) is 1.77. The van der Waals surface area contributed by atoms with E-state index < -0.39 is 6.10 Å². The third-order valence-electron chi connectivity index (χ3n) is 3.36. The van der Waals surface area contributed by atoms with Crippen LogP contribution in [0.3, 0.4) is 0 Å². The Morgan fingerprint density at radius 1 is 1.53 bits per heavy atom. The molecule has 2 rings (SSSR count). The SMILES string of the molecule is COc1ccc(Cl)cc1C(CN)C(O)C1CC1. The summed E-state index contributed by atoms with van der Waals surface area (Å²) in [5.74, 6) is 1.02. The van der Waals surface area contributed by atoms with Crippen molar-refractivity contribution >= 4 is 11.6 Å². The zero-order valence-electron chi connectivity index (χ0n) is 9.90. The van der Waals surface area contributed by atoms with Crippen molar-refractivity contribution in [2.75, 3.05) is 13.7 Å². The molecule has 1 aliphatic carbocycles. The number of halogens is 1. The number of hydrogen-bond donors (Lipinski definition) is 2. The smallest absolute Gasteiger partial charge is 0.122 e. The van der Waals surface area contributed by atoms with E-state index in [2.05, 4.69) is 0 Å². The predicted octanol–water partition coefficient (Wildman–Crippen LogP) is 2.16. The summed E-state index contributed by atoms with van der Waals surface area (Å²) in [5.41, 5.74) is 6.69. The standard InChI is InChI=1S/C13H18ClNO2/c1-17-12-5-4-9(14)6-10(12)11(7-15)13(16)8-2-3-8/h4-6,8,11,13,16H,2-3,7,15H2,1H3. The molecule has 4 heteroatoms. The first-order chi connectivity index (χ1) is 8.17. The van der Waals surface area contributed by atoms with E-state index in [1.807, 2.05) is 12.1 Å². The fourth-order valence-corrected chi connectivity index (χ4v) is 2.39. The maximum absolute atomic E-state index is 10.2. The molecule has 2 atom stereocenters. The molecule has 1 aliphatic rings. The summed E-state index contributed by atoms with van der Waals surface area (Å²) in [4.78, 5) is 0. The molecule has 0 radical (unpaired) electrons. The van der Waals surface area contributed by atoms with E-state index in [1.54, 1.807) is 13.2 Å². The minimum atomic E-state index is -0.396. The van der Waals surface area contributed by atoms with Gasteiger partial charge in [-0.15, -0.1) is 0 Å². The third kappa shape index (κ3) is 2.73. The lowest BCUT2D eigenvalue weighted by molar-refractivity contribution is 0.121. The number of aliphatic hydroxyl groups is 1. The Balaban J connectivity index is 2.30. The lowest BCUT2D eigenvalue weighted by Crippen LogP contribution is -2.27. The number of benzene rings is 1. The molecule has 2 unspecified atom stereocenters. The monoisotopic (exact) mass is 255 g/mol. The van der Waals surface area contributed by atoms with Crippen LogP contribution >= 0.6 is 11.6 Å². The van der Waals surface area contributed by atoms with Gasteiger partial charge in [-0.25, -0.2) is 0 Å². The van der Waals surface area contributed by atoms with Gasteiger partial charge in [0.1, 0.15) is 5.75 Å². The van der Waals surface area contributed by atoms with Crippen LogP contribution in [-0.4, -0.2) is 24.9 Å². The number of aliphatic hydroxyl groups excluding tert-OH is 1. The molecule has 0 spiro atoms. The van der Waals surface area contributed by atoms with Crippen LogP contribution in [0.15, 0.2) is 18.2 Å². The van der Waals surface area contributed by atoms with Crippen LogP contribution in [0, 0.1) is 5.92 Å². The second kappa shape index (κ2) is 5.25. The summed E-state index contributed by atoms with van der Waals surface area (Å²) in [6, 6.07) is 5.43. The molecule has 17 heavy (non-hydrogen) atoms. The topological polar surface area (TPSA) is 55.5 Å². The van der Waals surface area contributed by atoms with E-state index in [0.29, 0.717) is 17.5 Å². The molecule has 0 saturated heterocycles. The normalized spacial score (nSPS) is 18.8. The minimum Gasteiger partial charge on any atom is -0.496 e. The van der Waals surface area contributed by atoms with E-state index in [-0.39, 0.29) is 5.92 Å². The number of nitrogens with two attached hydrogens (primary N) is 1. The number of ether oxygens (including phenoxy) is 1. The lowest BCUT2D eigenvalue weighted by Gasteiger charge is -2.23. The van der Waals surface area contributed by atoms with Gasteiger partial charge in [0.25, 0.3) is 0 Å². The van der Waals surface area contributed by atoms with Crippen molar-refractivity contribution in [3.05, 3.63) is 28.8 Å². The highest BCUT2D eigenvalue weighted by atomic mass is 35.5. The molecular formula is C13H18ClNO2. The summed E-state index contributed by atoms with van der Waals surface area (Å²) in [6.45, 7) is 0.397. The van der Waals surface area contributed by atoms with Crippen molar-refractivity contribution in [3.8, 4) is 5.75 Å². The van der Waals surface area contributed by atoms with Gasteiger partial charge in [0.2, 0.25) is 0 Å². The van der Waals surface area contributed by atoms with Gasteiger partial charge in [-0.1, -0.05) is 11.6 Å². The molecule has 0 amide bonds. The second-order valence-corrected chi connectivity index (χ2v) is 4.99. The van der Waals surface area contributed by atoms with Crippen molar-refractivity contribution < 1.29 is 9.84 Å². The van der Waals surface area contributed by atoms with Crippen molar-refractivity contribution in [3.63, 3.8) is 0 Å². The Kier molecular flexibility index (Phi) is 3.92. The van der Waals surface area contributed by atoms with Gasteiger partial charge in [-0.2, -0.15) is 0 Å². The number of rotatable bonds is 5. The zero-order chi connectivity index (χ0) is 12.4. The predicted molar refractivity (Wildman–Crippen MR) is 68.5 cm³/mol. The van der Waals surface area contributed by atoms with E-state index in [0.717, 1.165) is 24.2 Å². The first-order valence-corrected chi connectivity index (χ1v) is 6.26. The first kappa shape index (κ1) is 12.7. The molecule has 0 bridgehead atoms. The number of hydrogen-bond acceptors (Lipinski definition) is 3. The average Bonchev–Trinajstić information content (AvgIpc) is 3.14. The van der Waals surface area contributed by atoms with Crippen LogP contribution in [0.2, 0.25) is 5.02 Å². The average molecular weight is 256 g/mol. The largest absolute Gasteiger partial charge is 0.496 e. The van der Waals surface area contributed by atoms with Crippen molar-refractivity contribution in [2.24, 2.45) is 11.7 Å². The van der Waals surface area contributed by atoms with Gasteiger partial charge in [0.15, 0.2) is 0 Å². The van der Waals surface area contributed by atoms with Crippen molar-refractivity contribution in [2.45, 2.75) is 24.9 Å². The molecule has 1 saturated carbocycles. The summed E-state index contributed by atoms with van der Waals surface area (Å²) in [7, 11) is 1.61. The Bertz CT molecular complexity index is 393. The molecule has 0 aliphatic heterocycles. The lowest BCUT2D eigenvalue weighted by atomic mass is 9.90. The highest BCUT2D eigenvalue weighted by Gasteiger charge is 2.36. The quantitative estimate of drug-likeness (QED) is 0.848. The maximum Gasteiger partial charge on any atom is 0.122 e. The second-order valence-electron chi connectivity index (χ2n) is 4.56. The highest BCUT2D eigenvalue weighted by Crippen LogP contribution is 2.41. The molecule has 94 valence electrons. The van der Waals surface area contributed by atoms with Crippen LogP contribution < -0.4 is 10.5 Å². The molecule has 3 nitrogen and oxygen atoms in total. The number of methoxy groups -OCH3 is 1. The van der Waals surface area contributed by atoms with Gasteiger partial charge in [-0.05, 0) is 37.0 Å². The summed E-state index contributed by atoms with van der Waals surface area (Å²) >= 11 is 6.00. The van der Waals surface area contributed by atoms with Crippen LogP contribution in [0.4, 0.5) is 0 Å². The summed E-state index contributed by atoms with van der Waals surface area (Å²) in [5, 5.41) is 10.9. The molecule has 1 fully saturated rings. The molecule has 1 aromatic rings. The first-order valence-electron chi connectivity index (χ1n) is 5.89. The Morgan fingerprint density at radius 3 is 2.76 bits per heavy atom. The van der Waals surface area contributed by atoms with Gasteiger partial charge in [0, 0.05) is 23.0 Å². The molecule has 0 heterocycles. The van der Waals surface area contributed by atoms with Crippen molar-refractivity contribution in [1.29, 1.82) is 0 Å². The maximum atomic E-state index is 10.2. The van der Waals surface area contributed by atoms with Crippen molar-refractivity contribution in [1.82, 2.24) is 0 Å². The van der Waals surface area contributed by atoms with Crippen LogP contribution in [0.1, 0.15) is 24.3 Å².